The van der Waals surface area contributed by atoms with Crippen LogP contribution in [0.3, 0.4) is 0 Å². The topological polar surface area (TPSA) is 29.1 Å². The number of carbonyl (C=O) groups excluding carboxylic acids is 1. The second-order valence-electron chi connectivity index (χ2n) is 4.48. The summed E-state index contributed by atoms with van der Waals surface area (Å²) in [5.41, 5.74) is 2.91. The van der Waals surface area contributed by atoms with Crippen molar-refractivity contribution in [3.05, 3.63) is 65.5 Å². The molecule has 0 aliphatic carbocycles. The summed E-state index contributed by atoms with van der Waals surface area (Å²) in [5.74, 6) is 0.815. The van der Waals surface area contributed by atoms with Crippen molar-refractivity contribution in [1.82, 2.24) is 0 Å². The molecule has 2 nitrogen and oxygen atoms in total. The van der Waals surface area contributed by atoms with E-state index in [9.17, 15) is 9.18 Å². The Morgan fingerprint density at radius 3 is 2.55 bits per heavy atom. The van der Waals surface area contributed by atoms with Gasteiger partial charge in [-0.05, 0) is 36.2 Å². The zero-order valence-corrected chi connectivity index (χ0v) is 12.0. The molecular weight excluding hydrogens is 273 g/mol. The molecule has 2 aromatic carbocycles. The Balaban J connectivity index is 1.78. The van der Waals surface area contributed by atoms with Gasteiger partial charge in [-0.25, -0.2) is 4.39 Å². The first kappa shape index (κ1) is 14.6. The zero-order valence-electron chi connectivity index (χ0n) is 11.2. The highest BCUT2D eigenvalue weighted by atomic mass is 32.2. The molecule has 2 aromatic rings. The van der Waals surface area contributed by atoms with Crippen molar-refractivity contribution in [2.45, 2.75) is 12.7 Å². The fourth-order valence-electron chi connectivity index (χ4n) is 1.74. The SMILES string of the molecule is Cc1ccccc1NC(=O)CSCc1ccc(F)cc1. The van der Waals surface area contributed by atoms with Gasteiger partial charge in [0.25, 0.3) is 0 Å². The number of anilines is 1. The van der Waals surface area contributed by atoms with Gasteiger partial charge in [0.1, 0.15) is 5.82 Å². The molecule has 0 saturated heterocycles. The van der Waals surface area contributed by atoms with E-state index in [1.54, 1.807) is 12.1 Å². The maximum Gasteiger partial charge on any atom is 0.234 e. The Hall–Kier alpha value is -1.81. The monoisotopic (exact) mass is 289 g/mol. The van der Waals surface area contributed by atoms with Crippen molar-refractivity contribution in [2.75, 3.05) is 11.1 Å². The summed E-state index contributed by atoms with van der Waals surface area (Å²) >= 11 is 1.51. The van der Waals surface area contributed by atoms with Crippen LogP contribution in [0.1, 0.15) is 11.1 Å². The Morgan fingerprint density at radius 2 is 1.85 bits per heavy atom. The van der Waals surface area contributed by atoms with Crippen molar-refractivity contribution in [2.24, 2.45) is 0 Å². The van der Waals surface area contributed by atoms with Gasteiger partial charge in [0.2, 0.25) is 5.91 Å². The number of hydrogen-bond acceptors (Lipinski definition) is 2. The summed E-state index contributed by atoms with van der Waals surface area (Å²) in [6.07, 6.45) is 0. The van der Waals surface area contributed by atoms with Crippen LogP contribution in [-0.4, -0.2) is 11.7 Å². The van der Waals surface area contributed by atoms with Crippen LogP contribution in [0.4, 0.5) is 10.1 Å². The summed E-state index contributed by atoms with van der Waals surface area (Å²) in [5, 5.41) is 2.89. The minimum atomic E-state index is -0.240. The molecule has 2 rings (SSSR count). The minimum absolute atomic E-state index is 0.0218. The molecule has 4 heteroatoms. The number of halogens is 1. The van der Waals surface area contributed by atoms with E-state index in [-0.39, 0.29) is 11.7 Å². The molecule has 0 radical (unpaired) electrons. The third-order valence-corrected chi connectivity index (χ3v) is 3.84. The second-order valence-corrected chi connectivity index (χ2v) is 5.47. The Morgan fingerprint density at radius 1 is 1.15 bits per heavy atom. The third-order valence-electron chi connectivity index (χ3n) is 2.83. The number of carbonyl (C=O) groups is 1. The number of benzene rings is 2. The lowest BCUT2D eigenvalue weighted by Gasteiger charge is -2.07. The Bertz CT molecular complexity index is 583. The average molecular weight is 289 g/mol. The van der Waals surface area contributed by atoms with Gasteiger partial charge in [0, 0.05) is 11.4 Å². The van der Waals surface area contributed by atoms with E-state index in [4.69, 9.17) is 0 Å². The Kier molecular flexibility index (Phi) is 5.18. The standard InChI is InChI=1S/C16H16FNOS/c1-12-4-2-3-5-15(12)18-16(19)11-20-10-13-6-8-14(17)9-7-13/h2-9H,10-11H2,1H3,(H,18,19). The molecule has 20 heavy (non-hydrogen) atoms. The highest BCUT2D eigenvalue weighted by Crippen LogP contribution is 2.16. The van der Waals surface area contributed by atoms with E-state index in [2.05, 4.69) is 5.32 Å². The largest absolute Gasteiger partial charge is 0.325 e. The molecule has 1 N–H and O–H groups in total. The first-order valence-electron chi connectivity index (χ1n) is 6.33. The van der Waals surface area contributed by atoms with Crippen LogP contribution in [0.5, 0.6) is 0 Å². The first-order chi connectivity index (χ1) is 9.65. The molecule has 0 aliphatic rings. The molecule has 1 amide bonds. The van der Waals surface area contributed by atoms with Crippen LogP contribution in [0.2, 0.25) is 0 Å². The quantitative estimate of drug-likeness (QED) is 0.901. The summed E-state index contributed by atoms with van der Waals surface area (Å²) in [4.78, 5) is 11.8. The van der Waals surface area contributed by atoms with Gasteiger partial charge in [0.15, 0.2) is 0 Å². The van der Waals surface area contributed by atoms with E-state index in [0.29, 0.717) is 11.5 Å². The summed E-state index contributed by atoms with van der Waals surface area (Å²) in [6, 6.07) is 14.0. The molecular formula is C16H16FNOS. The van der Waals surface area contributed by atoms with Crippen molar-refractivity contribution in [3.8, 4) is 0 Å². The minimum Gasteiger partial charge on any atom is -0.325 e. The number of thioether (sulfide) groups is 1. The fourth-order valence-corrected chi connectivity index (χ4v) is 2.53. The van der Waals surface area contributed by atoms with Crippen LogP contribution < -0.4 is 5.32 Å². The molecule has 0 saturated carbocycles. The maximum absolute atomic E-state index is 12.7. The number of nitrogens with one attached hydrogen (secondary N) is 1. The lowest BCUT2D eigenvalue weighted by molar-refractivity contribution is -0.113. The molecule has 0 unspecified atom stereocenters. The number of hydrogen-bond donors (Lipinski definition) is 1. The van der Waals surface area contributed by atoms with Crippen LogP contribution in [0, 0.1) is 12.7 Å². The molecule has 104 valence electrons. The first-order valence-corrected chi connectivity index (χ1v) is 7.48. The second kappa shape index (κ2) is 7.10. The highest BCUT2D eigenvalue weighted by Gasteiger charge is 2.04. The summed E-state index contributed by atoms with van der Waals surface area (Å²) < 4.78 is 12.7. The number of amides is 1. The lowest BCUT2D eigenvalue weighted by Crippen LogP contribution is -2.14. The van der Waals surface area contributed by atoms with E-state index in [1.165, 1.54) is 23.9 Å². The van der Waals surface area contributed by atoms with Gasteiger partial charge in [-0.2, -0.15) is 0 Å². The molecule has 0 heterocycles. The normalized spacial score (nSPS) is 10.3. The van der Waals surface area contributed by atoms with Gasteiger partial charge in [-0.3, -0.25) is 4.79 Å². The molecule has 0 fully saturated rings. The predicted octanol–water partition coefficient (Wildman–Crippen LogP) is 4.01. The Labute approximate surface area is 122 Å². The van der Waals surface area contributed by atoms with Crippen LogP contribution in [-0.2, 0) is 10.5 Å². The van der Waals surface area contributed by atoms with Gasteiger partial charge >= 0.3 is 0 Å². The van der Waals surface area contributed by atoms with Gasteiger partial charge in [0.05, 0.1) is 5.75 Å². The predicted molar refractivity (Wildman–Crippen MR) is 82.4 cm³/mol. The van der Waals surface area contributed by atoms with E-state index < -0.39 is 0 Å². The third kappa shape index (κ3) is 4.38. The van der Waals surface area contributed by atoms with E-state index in [1.807, 2.05) is 31.2 Å². The number of rotatable bonds is 5. The van der Waals surface area contributed by atoms with E-state index >= 15 is 0 Å². The van der Waals surface area contributed by atoms with Crippen molar-refractivity contribution in [1.29, 1.82) is 0 Å². The van der Waals surface area contributed by atoms with Gasteiger partial charge in [-0.15, -0.1) is 11.8 Å². The van der Waals surface area contributed by atoms with Crippen LogP contribution in [0.15, 0.2) is 48.5 Å². The average Bonchev–Trinajstić information content (AvgIpc) is 2.44. The molecule has 0 aliphatic heterocycles. The van der Waals surface area contributed by atoms with E-state index in [0.717, 1.165) is 16.8 Å². The van der Waals surface area contributed by atoms with Gasteiger partial charge < -0.3 is 5.32 Å². The lowest BCUT2D eigenvalue weighted by atomic mass is 10.2. The maximum atomic E-state index is 12.7. The van der Waals surface area contributed by atoms with Crippen molar-refractivity contribution >= 4 is 23.4 Å². The number of aryl methyl sites for hydroxylation is 1. The molecule has 0 bridgehead atoms. The highest BCUT2D eigenvalue weighted by molar-refractivity contribution is 7.99. The summed E-state index contributed by atoms with van der Waals surface area (Å²) in [7, 11) is 0. The molecule has 0 aromatic heterocycles. The van der Waals surface area contributed by atoms with Crippen molar-refractivity contribution < 1.29 is 9.18 Å². The fraction of sp³-hybridized carbons (Fsp3) is 0.188. The summed E-state index contributed by atoms with van der Waals surface area (Å²) in [6.45, 7) is 1.96. The van der Waals surface area contributed by atoms with Crippen molar-refractivity contribution in [3.63, 3.8) is 0 Å². The van der Waals surface area contributed by atoms with Gasteiger partial charge in [-0.1, -0.05) is 30.3 Å². The van der Waals surface area contributed by atoms with Crippen LogP contribution >= 0.6 is 11.8 Å². The number of para-hydroxylation sites is 1. The smallest absolute Gasteiger partial charge is 0.234 e. The van der Waals surface area contributed by atoms with Crippen LogP contribution in [0.25, 0.3) is 0 Å². The zero-order chi connectivity index (χ0) is 14.4. The molecule has 0 spiro atoms. The molecule has 0 atom stereocenters.